The second-order valence-corrected chi connectivity index (χ2v) is 20.7. The van der Waals surface area contributed by atoms with Crippen LogP contribution in [-0.4, -0.2) is 106 Å². The van der Waals surface area contributed by atoms with Gasteiger partial charge in [0.25, 0.3) is 22.2 Å². The van der Waals surface area contributed by atoms with Gasteiger partial charge in [-0.3, -0.25) is 70.9 Å². The summed E-state index contributed by atoms with van der Waals surface area (Å²) in [5, 5.41) is 24.4. The number of Topliss-reactive ketones (excluding diaryl/α,β-unsaturated/α-hetero) is 1. The highest BCUT2D eigenvalue weighted by atomic mass is 35.5. The van der Waals surface area contributed by atoms with E-state index in [9.17, 15) is 42.7 Å². The van der Waals surface area contributed by atoms with E-state index in [0.29, 0.717) is 73.6 Å². The average molecular weight is 1260 g/mol. The molecule has 0 radical (unpaired) electrons. The Morgan fingerprint density at radius 2 is 1.08 bits per heavy atom. The number of ether oxygens (including phenoxy) is 1. The Labute approximate surface area is 515 Å². The van der Waals surface area contributed by atoms with Crippen molar-refractivity contribution < 1.29 is 23.8 Å². The molecule has 33 heteroatoms. The molecule has 10 heterocycles. The van der Waals surface area contributed by atoms with Crippen LogP contribution >= 0.6 is 11.6 Å². The fraction of sp³-hybridized carbons (Fsp3) is 0.333. The molecule has 11 rings (SSSR count). The van der Waals surface area contributed by atoms with Gasteiger partial charge < -0.3 is 27.0 Å². The monoisotopic (exact) mass is 1260 g/mol. The standard InChI is InChI=1S/C19H18FN5O2.C13H14ClN5O.C13H17N5O3.C7H12N4O2.C5H6N2O2/c1-3-7-25-18(26)15-9-16(12-10-21-24(2)11-12)22-17(15)23-19(25)27-14-6-4-5-13(20)8-14;1-3-4-19-12(20)9-5-10(8-6-15-18(2)7-8)16-11(9)17-13(19)14;1-3-4-18-12(20)9(11(14)16-13(18)21)5-10(19)8-6-15-17(2)7-8;1-2-3-11-6(12)4(8)5(9)10-7(11)13;1-7-3-4(2-6-7)5(8)9/h4-6,8,10-11H,3,7,9H2,1-2H3;6-7H,3-5H2,1-2H3;6-7H,3-5,14H2,1-2H3,(H,16,21);2-3,8-9H2,1H3,(H,10,13);2-3H,1H3,(H,8,9). The van der Waals surface area contributed by atoms with E-state index in [1.54, 1.807) is 54.2 Å². The number of nitrogen functional groups attached to an aromatic ring is 3. The third-order valence-corrected chi connectivity index (χ3v) is 13.6. The van der Waals surface area contributed by atoms with Crippen LogP contribution in [0.1, 0.15) is 102 Å². The third-order valence-electron chi connectivity index (χ3n) is 13.3. The van der Waals surface area contributed by atoms with Crippen molar-refractivity contribution >= 4 is 63.7 Å². The van der Waals surface area contributed by atoms with E-state index in [1.807, 2.05) is 54.2 Å². The molecule has 9 aromatic rings. The van der Waals surface area contributed by atoms with E-state index in [4.69, 9.17) is 38.6 Å². The molecule has 31 nitrogen and oxygen atoms in total. The molecule has 0 amide bonds. The summed E-state index contributed by atoms with van der Waals surface area (Å²) < 4.78 is 30.6. The Morgan fingerprint density at radius 1 is 0.611 bits per heavy atom. The van der Waals surface area contributed by atoms with Gasteiger partial charge in [-0.25, -0.2) is 28.8 Å². The van der Waals surface area contributed by atoms with Crippen molar-refractivity contribution in [3.05, 3.63) is 186 Å². The number of halogens is 2. The molecule has 2 aliphatic rings. The molecule has 0 atom stereocenters. The van der Waals surface area contributed by atoms with Crippen LogP contribution in [0, 0.1) is 5.82 Å². The van der Waals surface area contributed by atoms with E-state index in [2.05, 4.69) is 50.3 Å². The zero-order valence-corrected chi connectivity index (χ0v) is 51.2. The molecule has 0 bridgehead atoms. The Morgan fingerprint density at radius 3 is 1.56 bits per heavy atom. The number of carboxylic acid groups (broad SMARTS) is 1. The van der Waals surface area contributed by atoms with Crippen molar-refractivity contribution in [2.24, 2.45) is 38.2 Å². The highest BCUT2D eigenvalue weighted by Gasteiger charge is 2.27. The third kappa shape index (κ3) is 16.0. The van der Waals surface area contributed by atoms with E-state index in [1.165, 1.54) is 49.2 Å². The maximum atomic E-state index is 13.5. The molecule has 0 fully saturated rings. The number of carbonyl (C=O) groups is 2. The number of nitrogens with one attached hydrogen (secondary N) is 2. The molecule has 474 valence electrons. The molecule has 90 heavy (non-hydrogen) atoms. The number of nitrogens with two attached hydrogens (primary N) is 3. The average Bonchev–Trinajstić information content (AvgIpc) is 1.71. The molecular weight excluding hydrogens is 1190 g/mol. The second kappa shape index (κ2) is 29.7. The SMILES string of the molecule is CCCn1c(=O)[nH]c(N)c(CC(=O)c2cnn(C)c2)c1=O.CCCn1c(=O)[nH]c(N)c(N)c1=O.CCCn1c(Cl)nc2c(c1=O)CC(c1cnn(C)c1)=N2.CCCn1c(Oc2cccc(F)c2)nc2c(c1=O)CC(c1cnn(C)c1)=N2.Cn1cc(C(=O)O)cn1. The van der Waals surface area contributed by atoms with E-state index in [0.717, 1.165) is 44.5 Å². The van der Waals surface area contributed by atoms with Crippen LogP contribution in [0.4, 0.5) is 33.3 Å². The van der Waals surface area contributed by atoms with Crippen molar-refractivity contribution in [2.45, 2.75) is 98.8 Å². The number of aromatic amines is 2. The summed E-state index contributed by atoms with van der Waals surface area (Å²) in [7, 11) is 7.03. The number of aromatic carboxylic acids is 1. The molecular formula is C57H67ClFN21O10. The Kier molecular flexibility index (Phi) is 21.9. The Hall–Kier alpha value is -10.9. The number of ketones is 1. The minimum atomic E-state index is -0.942. The van der Waals surface area contributed by atoms with E-state index < -0.39 is 34.3 Å². The summed E-state index contributed by atoms with van der Waals surface area (Å²) in [5.74, 6) is -0.707. The number of nitrogens with zero attached hydrogens (tertiary/aromatic N) is 16. The topological polar surface area (TPSA) is 417 Å². The largest absolute Gasteiger partial charge is 0.478 e. The van der Waals surface area contributed by atoms with E-state index in [-0.39, 0.29) is 75.4 Å². The lowest BCUT2D eigenvalue weighted by Gasteiger charge is -2.13. The second-order valence-electron chi connectivity index (χ2n) is 20.3. The normalized spacial score (nSPS) is 11.8. The summed E-state index contributed by atoms with van der Waals surface area (Å²) >= 11 is 6.06. The summed E-state index contributed by atoms with van der Waals surface area (Å²) in [6.45, 7) is 9.31. The summed E-state index contributed by atoms with van der Waals surface area (Å²) in [4.78, 5) is 116. The number of H-pyrrole nitrogens is 2. The van der Waals surface area contributed by atoms with Gasteiger partial charge >= 0.3 is 23.4 Å². The lowest BCUT2D eigenvalue weighted by Crippen LogP contribution is -2.38. The summed E-state index contributed by atoms with van der Waals surface area (Å²) in [5.41, 5.74) is 19.0. The van der Waals surface area contributed by atoms with Crippen molar-refractivity contribution in [2.75, 3.05) is 17.2 Å². The number of anilines is 3. The summed E-state index contributed by atoms with van der Waals surface area (Å²) in [6.07, 6.45) is 16.5. The number of fused-ring (bicyclic) bond motifs is 2. The number of hydrogen-bond donors (Lipinski definition) is 6. The van der Waals surface area contributed by atoms with Crippen LogP contribution in [-0.2, 0) is 73.6 Å². The van der Waals surface area contributed by atoms with Gasteiger partial charge in [-0.15, -0.1) is 0 Å². The van der Waals surface area contributed by atoms with Gasteiger partial charge in [0, 0.05) is 116 Å². The number of carbonyl (C=O) groups excluding carboxylic acids is 1. The number of aliphatic imine (C=N–C) groups is 2. The van der Waals surface area contributed by atoms with Crippen LogP contribution in [0.2, 0.25) is 5.28 Å². The van der Waals surface area contributed by atoms with Gasteiger partial charge in [-0.1, -0.05) is 33.8 Å². The van der Waals surface area contributed by atoms with Crippen LogP contribution in [0.3, 0.4) is 0 Å². The lowest BCUT2D eigenvalue weighted by atomic mass is 10.1. The molecule has 0 saturated carbocycles. The first-order valence-electron chi connectivity index (χ1n) is 28.1. The molecule has 0 saturated heterocycles. The van der Waals surface area contributed by atoms with Crippen molar-refractivity contribution in [1.29, 1.82) is 0 Å². The van der Waals surface area contributed by atoms with Crippen LogP contribution < -0.4 is 55.6 Å². The first-order valence-corrected chi connectivity index (χ1v) is 28.5. The van der Waals surface area contributed by atoms with Crippen molar-refractivity contribution in [3.8, 4) is 11.8 Å². The molecule has 1 aromatic carbocycles. The van der Waals surface area contributed by atoms with Crippen molar-refractivity contribution in [3.63, 3.8) is 0 Å². The Balaban J connectivity index is 0.000000167. The summed E-state index contributed by atoms with van der Waals surface area (Å²) in [6, 6.07) is 5.84. The number of aromatic nitrogens is 16. The minimum Gasteiger partial charge on any atom is -0.478 e. The van der Waals surface area contributed by atoms with Crippen molar-refractivity contribution in [1.82, 2.24) is 77.3 Å². The highest BCUT2D eigenvalue weighted by Crippen LogP contribution is 2.29. The number of benzene rings is 1. The molecule has 2 aliphatic heterocycles. The van der Waals surface area contributed by atoms with Gasteiger partial charge in [-0.05, 0) is 49.4 Å². The number of aryl methyl sites for hydroxylation is 4. The molecule has 8 aromatic heterocycles. The number of hydrogen-bond acceptors (Lipinski definition) is 20. The maximum Gasteiger partial charge on any atom is 0.338 e. The first kappa shape index (κ1) is 66.6. The maximum absolute atomic E-state index is 13.5. The zero-order chi connectivity index (χ0) is 65.7. The smallest absolute Gasteiger partial charge is 0.338 e. The number of rotatable bonds is 16. The van der Waals surface area contributed by atoms with Crippen LogP contribution in [0.15, 0.2) is 113 Å². The molecule has 0 aliphatic carbocycles. The zero-order valence-electron chi connectivity index (χ0n) is 50.5. The van der Waals surface area contributed by atoms with Gasteiger partial charge in [0.2, 0.25) is 5.28 Å². The van der Waals surface area contributed by atoms with E-state index >= 15 is 0 Å². The highest BCUT2D eigenvalue weighted by molar-refractivity contribution is 6.28. The van der Waals surface area contributed by atoms with Gasteiger partial charge in [-0.2, -0.15) is 30.4 Å². The van der Waals surface area contributed by atoms with Gasteiger partial charge in [0.05, 0.1) is 64.0 Å². The quantitative estimate of drug-likeness (QED) is 0.0594. The first-order chi connectivity index (χ1) is 42.9. The number of carboxylic acids is 1. The molecule has 0 unspecified atom stereocenters. The van der Waals surface area contributed by atoms with Crippen LogP contribution in [0.5, 0.6) is 11.8 Å². The molecule has 9 N–H and O–H groups in total. The lowest BCUT2D eigenvalue weighted by molar-refractivity contribution is 0.0696. The molecule has 0 spiro atoms. The van der Waals surface area contributed by atoms with Crippen LogP contribution in [0.25, 0.3) is 0 Å². The Bertz CT molecular complexity index is 4560. The predicted octanol–water partition coefficient (Wildman–Crippen LogP) is 3.63. The van der Waals surface area contributed by atoms with Gasteiger partial charge in [0.15, 0.2) is 17.4 Å². The predicted molar refractivity (Wildman–Crippen MR) is 333 cm³/mol. The fourth-order valence-corrected chi connectivity index (χ4v) is 9.17. The minimum absolute atomic E-state index is 0.0606. The van der Waals surface area contributed by atoms with Gasteiger partial charge in [0.1, 0.15) is 28.9 Å². The fourth-order valence-electron chi connectivity index (χ4n) is 8.93.